The van der Waals surface area contributed by atoms with Crippen molar-refractivity contribution < 1.29 is 14.3 Å². The molecule has 5 nitrogen and oxygen atoms in total. The minimum atomic E-state index is -0.0159. The molecular weight excluding hydrogens is 336 g/mol. The molecule has 0 radical (unpaired) electrons. The van der Waals surface area contributed by atoms with E-state index in [0.29, 0.717) is 13.2 Å². The van der Waals surface area contributed by atoms with Crippen LogP contribution in [0.3, 0.4) is 0 Å². The maximum Gasteiger partial charge on any atom is 0.261 e. The van der Waals surface area contributed by atoms with Crippen LogP contribution in [0.2, 0.25) is 0 Å². The molecule has 134 valence electrons. The Morgan fingerprint density at radius 3 is 2.76 bits per heavy atom. The van der Waals surface area contributed by atoms with Gasteiger partial charge in [-0.1, -0.05) is 30.3 Å². The maximum absolute atomic E-state index is 12.5. The summed E-state index contributed by atoms with van der Waals surface area (Å²) >= 11 is 1.56. The number of nitrogens with one attached hydrogen (secondary N) is 1. The van der Waals surface area contributed by atoms with E-state index >= 15 is 0 Å². The van der Waals surface area contributed by atoms with E-state index in [1.54, 1.807) is 18.4 Å². The molecule has 0 bridgehead atoms. The van der Waals surface area contributed by atoms with Gasteiger partial charge in [0.05, 0.1) is 23.1 Å². The standard InChI is InChI=1S/C19H24N2O3S/c1-23-11-5-8-20-18(22)17-14-16(15-6-3-2-4-7-15)19(25-17)21-9-12-24-13-10-21/h2-4,6-7,14H,5,8-13H2,1H3,(H,20,22). The normalized spacial score (nSPS) is 14.5. The summed E-state index contributed by atoms with van der Waals surface area (Å²) in [5, 5.41) is 4.13. The van der Waals surface area contributed by atoms with Gasteiger partial charge in [0.1, 0.15) is 0 Å². The van der Waals surface area contributed by atoms with E-state index in [0.717, 1.165) is 53.7 Å². The SMILES string of the molecule is COCCCNC(=O)c1cc(-c2ccccc2)c(N2CCOCC2)s1. The first kappa shape index (κ1) is 17.9. The quantitative estimate of drug-likeness (QED) is 0.771. The van der Waals surface area contributed by atoms with Crippen LogP contribution in [0.1, 0.15) is 16.1 Å². The van der Waals surface area contributed by atoms with Gasteiger partial charge in [-0.05, 0) is 18.1 Å². The summed E-state index contributed by atoms with van der Waals surface area (Å²) < 4.78 is 10.5. The van der Waals surface area contributed by atoms with Crippen LogP contribution in [-0.4, -0.2) is 52.5 Å². The van der Waals surface area contributed by atoms with Crippen LogP contribution in [-0.2, 0) is 9.47 Å². The molecule has 1 aromatic heterocycles. The minimum absolute atomic E-state index is 0.0159. The highest BCUT2D eigenvalue weighted by Gasteiger charge is 2.21. The van der Waals surface area contributed by atoms with Crippen molar-refractivity contribution in [2.75, 3.05) is 51.5 Å². The van der Waals surface area contributed by atoms with E-state index in [1.165, 1.54) is 0 Å². The second-order valence-corrected chi connectivity index (χ2v) is 6.93. The van der Waals surface area contributed by atoms with Crippen molar-refractivity contribution in [1.82, 2.24) is 5.32 Å². The molecule has 1 aliphatic heterocycles. The summed E-state index contributed by atoms with van der Waals surface area (Å²) in [6, 6.07) is 12.3. The number of hydrogen-bond acceptors (Lipinski definition) is 5. The molecule has 1 saturated heterocycles. The number of carbonyl (C=O) groups is 1. The third kappa shape index (κ3) is 4.60. The highest BCUT2D eigenvalue weighted by molar-refractivity contribution is 7.18. The molecule has 0 spiro atoms. The lowest BCUT2D eigenvalue weighted by Crippen LogP contribution is -2.35. The number of amides is 1. The molecule has 3 rings (SSSR count). The van der Waals surface area contributed by atoms with Gasteiger partial charge in [-0.15, -0.1) is 11.3 Å². The average Bonchev–Trinajstić information content (AvgIpc) is 3.12. The highest BCUT2D eigenvalue weighted by Crippen LogP contribution is 2.39. The Hall–Kier alpha value is -1.89. The van der Waals surface area contributed by atoms with Gasteiger partial charge in [-0.25, -0.2) is 0 Å². The molecule has 25 heavy (non-hydrogen) atoms. The fourth-order valence-electron chi connectivity index (χ4n) is 2.82. The van der Waals surface area contributed by atoms with Crippen LogP contribution in [0.4, 0.5) is 5.00 Å². The largest absolute Gasteiger partial charge is 0.385 e. The van der Waals surface area contributed by atoms with Gasteiger partial charge in [0, 0.05) is 38.9 Å². The average molecular weight is 360 g/mol. The van der Waals surface area contributed by atoms with Crippen LogP contribution < -0.4 is 10.2 Å². The van der Waals surface area contributed by atoms with Gasteiger partial charge in [0.15, 0.2) is 0 Å². The summed E-state index contributed by atoms with van der Waals surface area (Å²) in [7, 11) is 1.67. The highest BCUT2D eigenvalue weighted by atomic mass is 32.1. The van der Waals surface area contributed by atoms with E-state index in [-0.39, 0.29) is 5.91 Å². The Kier molecular flexibility index (Phi) is 6.44. The van der Waals surface area contributed by atoms with Gasteiger partial charge in [0.2, 0.25) is 0 Å². The lowest BCUT2D eigenvalue weighted by atomic mass is 10.1. The summed E-state index contributed by atoms with van der Waals surface area (Å²) in [5.41, 5.74) is 2.26. The molecule has 1 N–H and O–H groups in total. The second kappa shape index (κ2) is 8.99. The van der Waals surface area contributed by atoms with Gasteiger partial charge in [-0.3, -0.25) is 4.79 Å². The van der Waals surface area contributed by atoms with Gasteiger partial charge in [-0.2, -0.15) is 0 Å². The number of morpholine rings is 1. The molecule has 1 amide bonds. The van der Waals surface area contributed by atoms with E-state index in [4.69, 9.17) is 9.47 Å². The molecule has 1 fully saturated rings. The van der Waals surface area contributed by atoms with Gasteiger partial charge < -0.3 is 19.7 Å². The molecule has 2 heterocycles. The smallest absolute Gasteiger partial charge is 0.261 e. The van der Waals surface area contributed by atoms with Crippen molar-refractivity contribution in [3.8, 4) is 11.1 Å². The number of ether oxygens (including phenoxy) is 2. The Labute approximate surface area is 152 Å². The summed E-state index contributed by atoms with van der Waals surface area (Å²) in [6.45, 7) is 4.44. The maximum atomic E-state index is 12.5. The van der Waals surface area contributed by atoms with Crippen molar-refractivity contribution >= 4 is 22.2 Å². The monoisotopic (exact) mass is 360 g/mol. The predicted octanol–water partition coefficient (Wildman–Crippen LogP) is 3.02. The first-order valence-corrected chi connectivity index (χ1v) is 9.40. The lowest BCUT2D eigenvalue weighted by molar-refractivity contribution is 0.0952. The Morgan fingerprint density at radius 2 is 2.04 bits per heavy atom. The van der Waals surface area contributed by atoms with Crippen LogP contribution in [0.5, 0.6) is 0 Å². The van der Waals surface area contributed by atoms with Crippen molar-refractivity contribution in [3.63, 3.8) is 0 Å². The lowest BCUT2D eigenvalue weighted by Gasteiger charge is -2.28. The van der Waals surface area contributed by atoms with E-state index in [2.05, 4.69) is 22.3 Å². The van der Waals surface area contributed by atoms with E-state index < -0.39 is 0 Å². The number of nitrogens with zero attached hydrogens (tertiary/aromatic N) is 1. The Morgan fingerprint density at radius 1 is 1.28 bits per heavy atom. The number of benzene rings is 1. The molecule has 0 aliphatic carbocycles. The molecule has 0 unspecified atom stereocenters. The number of carbonyl (C=O) groups excluding carboxylic acids is 1. The molecule has 6 heteroatoms. The molecule has 0 saturated carbocycles. The summed E-state index contributed by atoms with van der Waals surface area (Å²) in [4.78, 5) is 15.6. The topological polar surface area (TPSA) is 50.8 Å². The van der Waals surface area contributed by atoms with Gasteiger partial charge in [0.25, 0.3) is 5.91 Å². The molecule has 0 atom stereocenters. The summed E-state index contributed by atoms with van der Waals surface area (Å²) in [6.07, 6.45) is 0.815. The third-order valence-corrected chi connectivity index (χ3v) is 5.32. The molecule has 1 aliphatic rings. The van der Waals surface area contributed by atoms with Crippen LogP contribution in [0.15, 0.2) is 36.4 Å². The van der Waals surface area contributed by atoms with Crippen molar-refractivity contribution in [3.05, 3.63) is 41.3 Å². The number of anilines is 1. The Bertz CT molecular complexity index is 681. The number of hydrogen-bond donors (Lipinski definition) is 1. The minimum Gasteiger partial charge on any atom is -0.385 e. The third-order valence-electron chi connectivity index (χ3n) is 4.13. The van der Waals surface area contributed by atoms with Crippen LogP contribution in [0.25, 0.3) is 11.1 Å². The van der Waals surface area contributed by atoms with Crippen molar-refractivity contribution in [1.29, 1.82) is 0 Å². The van der Waals surface area contributed by atoms with Crippen molar-refractivity contribution in [2.24, 2.45) is 0 Å². The number of thiophene rings is 1. The number of methoxy groups -OCH3 is 1. The zero-order chi connectivity index (χ0) is 17.5. The zero-order valence-electron chi connectivity index (χ0n) is 14.5. The zero-order valence-corrected chi connectivity index (χ0v) is 15.3. The van der Waals surface area contributed by atoms with E-state index in [1.807, 2.05) is 24.3 Å². The predicted molar refractivity (Wildman–Crippen MR) is 102 cm³/mol. The van der Waals surface area contributed by atoms with E-state index in [9.17, 15) is 4.79 Å². The van der Waals surface area contributed by atoms with Gasteiger partial charge >= 0.3 is 0 Å². The fraction of sp³-hybridized carbons (Fsp3) is 0.421. The second-order valence-electron chi connectivity index (χ2n) is 5.90. The number of rotatable bonds is 7. The molecular formula is C19H24N2O3S. The molecule has 1 aromatic carbocycles. The fourth-order valence-corrected chi connectivity index (χ4v) is 3.97. The van der Waals surface area contributed by atoms with Crippen LogP contribution in [0, 0.1) is 0 Å². The van der Waals surface area contributed by atoms with Crippen molar-refractivity contribution in [2.45, 2.75) is 6.42 Å². The summed E-state index contributed by atoms with van der Waals surface area (Å²) in [5.74, 6) is -0.0159. The Balaban J connectivity index is 1.82. The first-order valence-electron chi connectivity index (χ1n) is 8.58. The first-order chi connectivity index (χ1) is 12.3. The van der Waals surface area contributed by atoms with Crippen LogP contribution >= 0.6 is 11.3 Å². The molecule has 2 aromatic rings.